The van der Waals surface area contributed by atoms with Gasteiger partial charge in [0.2, 0.25) is 16.7 Å². The van der Waals surface area contributed by atoms with Crippen molar-refractivity contribution in [3.8, 4) is 0 Å². The van der Waals surface area contributed by atoms with Crippen molar-refractivity contribution in [1.29, 1.82) is 0 Å². The number of rotatable bonds is 3. The van der Waals surface area contributed by atoms with Gasteiger partial charge in [0.25, 0.3) is 0 Å². The summed E-state index contributed by atoms with van der Waals surface area (Å²) in [6, 6.07) is 0. The van der Waals surface area contributed by atoms with E-state index in [1.807, 2.05) is 0 Å². The van der Waals surface area contributed by atoms with Crippen molar-refractivity contribution >= 4 is 16.4 Å². The summed E-state index contributed by atoms with van der Waals surface area (Å²) in [7, 11) is -4.92. The number of carbonyl (C=O) groups is 1. The molecule has 0 atom stereocenters. The van der Waals surface area contributed by atoms with Gasteiger partial charge in [0, 0.05) is 0 Å². The minimum atomic E-state index is -4.92. The summed E-state index contributed by atoms with van der Waals surface area (Å²) in [6.45, 7) is 0.527. The lowest BCUT2D eigenvalue weighted by Gasteiger charge is -1.89. The van der Waals surface area contributed by atoms with Gasteiger partial charge in [0.15, 0.2) is 0 Å². The molecular weight excluding hydrogens is 228 g/mol. The lowest BCUT2D eigenvalue weighted by molar-refractivity contribution is -0.694. The molecule has 3 N–H and O–H groups in total. The van der Waals surface area contributed by atoms with Crippen LogP contribution in [-0.4, -0.2) is 33.6 Å². The summed E-state index contributed by atoms with van der Waals surface area (Å²) < 4.78 is 34.6. The summed E-state index contributed by atoms with van der Waals surface area (Å²) in [4.78, 5) is 12.9. The zero-order valence-electron chi connectivity index (χ0n) is 7.53. The highest BCUT2D eigenvalue weighted by atomic mass is 32.3. The second kappa shape index (κ2) is 6.11. The highest BCUT2D eigenvalue weighted by molar-refractivity contribution is 7.79. The maximum absolute atomic E-state index is 10.1. The predicted molar refractivity (Wildman–Crippen MR) is 45.6 cm³/mol. The minimum Gasteiger partial charge on any atom is -0.726 e. The lowest BCUT2D eigenvalue weighted by Crippen LogP contribution is -2.31. The summed E-state index contributed by atoms with van der Waals surface area (Å²) in [5.41, 5.74) is 0. The molecule has 0 aromatic carbocycles. The van der Waals surface area contributed by atoms with Gasteiger partial charge in [-0.25, -0.2) is 13.0 Å². The Morgan fingerprint density at radius 3 is 2.40 bits per heavy atom. The van der Waals surface area contributed by atoms with Gasteiger partial charge >= 0.3 is 5.97 Å². The molecule has 0 unspecified atom stereocenters. The maximum atomic E-state index is 10.1. The van der Waals surface area contributed by atoms with Crippen LogP contribution < -0.4 is 4.57 Å². The van der Waals surface area contributed by atoms with Crippen molar-refractivity contribution in [3.63, 3.8) is 0 Å². The van der Waals surface area contributed by atoms with E-state index >= 15 is 0 Å². The van der Waals surface area contributed by atoms with E-state index in [2.05, 4.69) is 4.98 Å². The molecule has 9 heteroatoms. The van der Waals surface area contributed by atoms with Gasteiger partial charge in [-0.05, 0) is 0 Å². The smallest absolute Gasteiger partial charge is 0.307 e. The van der Waals surface area contributed by atoms with E-state index in [0.29, 0.717) is 6.54 Å². The molecule has 0 fully saturated rings. The van der Waals surface area contributed by atoms with E-state index in [1.54, 1.807) is 23.3 Å². The first-order chi connectivity index (χ1) is 6.79. The number of nitrogens with zero attached hydrogens (tertiary/aromatic N) is 1. The Morgan fingerprint density at radius 1 is 1.53 bits per heavy atom. The van der Waals surface area contributed by atoms with Crippen molar-refractivity contribution < 1.29 is 32.0 Å². The second-order valence-corrected chi connectivity index (χ2v) is 3.28. The summed E-state index contributed by atoms with van der Waals surface area (Å²) >= 11 is 0. The molecule has 1 aromatic rings. The Kier molecular flexibility index (Phi) is 5.52. The summed E-state index contributed by atoms with van der Waals surface area (Å²) in [6.07, 6.45) is 5.44. The lowest BCUT2D eigenvalue weighted by atomic mass is 10.4. The highest BCUT2D eigenvalue weighted by Crippen LogP contribution is 1.78. The van der Waals surface area contributed by atoms with Crippen LogP contribution in [0.4, 0.5) is 0 Å². The Bertz CT molecular complexity index is 376. The predicted octanol–water partition coefficient (Wildman–Crippen LogP) is -1.22. The Hall–Kier alpha value is -1.45. The number of H-pyrrole nitrogens is 1. The van der Waals surface area contributed by atoms with Crippen molar-refractivity contribution in [2.45, 2.75) is 13.0 Å². The van der Waals surface area contributed by atoms with Crippen LogP contribution >= 0.6 is 0 Å². The number of aromatic amines is 1. The third-order valence-corrected chi connectivity index (χ3v) is 1.19. The molecule has 0 radical (unpaired) electrons. The van der Waals surface area contributed by atoms with Gasteiger partial charge in [-0.2, -0.15) is 0 Å². The fraction of sp³-hybridized carbons (Fsp3) is 0.333. The quantitative estimate of drug-likeness (QED) is 0.343. The van der Waals surface area contributed by atoms with Gasteiger partial charge in [0.05, 0.1) is 6.42 Å². The Morgan fingerprint density at radius 2 is 2.07 bits per heavy atom. The van der Waals surface area contributed by atoms with Crippen LogP contribution in [0.2, 0.25) is 0 Å². The number of aliphatic carboxylic acids is 1. The molecule has 0 aliphatic carbocycles. The summed E-state index contributed by atoms with van der Waals surface area (Å²) in [5, 5.41) is 8.29. The number of aromatic nitrogens is 2. The molecule has 0 aliphatic rings. The molecule has 1 rings (SSSR count). The number of hydrogen-bond donors (Lipinski definition) is 3. The number of nitrogens with one attached hydrogen (secondary N) is 1. The van der Waals surface area contributed by atoms with Crippen LogP contribution in [0.15, 0.2) is 18.7 Å². The summed E-state index contributed by atoms with van der Waals surface area (Å²) in [5.74, 6) is -0.770. The molecule has 0 saturated heterocycles. The largest absolute Gasteiger partial charge is 0.726 e. The van der Waals surface area contributed by atoms with Crippen molar-refractivity contribution in [2.75, 3.05) is 0 Å². The molecule has 1 heterocycles. The van der Waals surface area contributed by atoms with Crippen molar-refractivity contribution in [2.24, 2.45) is 0 Å². The Labute approximate surface area is 85.8 Å². The van der Waals surface area contributed by atoms with Gasteiger partial charge in [-0.15, -0.1) is 0 Å². The first-order valence-electron chi connectivity index (χ1n) is 3.71. The van der Waals surface area contributed by atoms with Crippen LogP contribution in [0.1, 0.15) is 6.42 Å². The normalized spacial score (nSPS) is 10.3. The zero-order valence-corrected chi connectivity index (χ0v) is 8.35. The molecule has 0 amide bonds. The van der Waals surface area contributed by atoms with E-state index in [9.17, 15) is 4.79 Å². The molecule has 0 spiro atoms. The van der Waals surface area contributed by atoms with E-state index in [0.717, 1.165) is 0 Å². The van der Waals surface area contributed by atoms with Crippen LogP contribution in [0.3, 0.4) is 0 Å². The van der Waals surface area contributed by atoms with Gasteiger partial charge < -0.3 is 9.66 Å². The minimum absolute atomic E-state index is 0.169. The molecule has 0 saturated carbocycles. The third-order valence-electron chi connectivity index (χ3n) is 1.19. The SMILES string of the molecule is O=C(O)CC[n+]1cc[nH]c1.O=S(=O)([O-])O. The van der Waals surface area contributed by atoms with Crippen LogP contribution in [0, 0.1) is 0 Å². The van der Waals surface area contributed by atoms with Crippen LogP contribution in [0.25, 0.3) is 0 Å². The van der Waals surface area contributed by atoms with Crippen LogP contribution in [0.5, 0.6) is 0 Å². The molecular formula is C6H10N2O6S. The second-order valence-electron chi connectivity index (χ2n) is 2.42. The van der Waals surface area contributed by atoms with E-state index in [-0.39, 0.29) is 6.42 Å². The average molecular weight is 238 g/mol. The standard InChI is InChI=1S/C6H8N2O2.H2O4S/c9-6(10)1-3-8-4-2-7-5-8;1-5(2,3)4/h2,4-5H,1,3H2,(H,9,10);(H2,1,2,3,4). The van der Waals surface area contributed by atoms with Crippen LogP contribution in [-0.2, 0) is 21.7 Å². The van der Waals surface area contributed by atoms with Crippen molar-refractivity contribution in [3.05, 3.63) is 18.7 Å². The van der Waals surface area contributed by atoms with E-state index in [4.69, 9.17) is 22.6 Å². The molecule has 1 aromatic heterocycles. The molecule has 0 bridgehead atoms. The fourth-order valence-corrected chi connectivity index (χ4v) is 0.684. The number of hydrogen-bond acceptors (Lipinski definition) is 4. The molecule has 86 valence electrons. The Balaban J connectivity index is 0.000000336. The average Bonchev–Trinajstić information content (AvgIpc) is 2.48. The zero-order chi connectivity index (χ0) is 11.9. The van der Waals surface area contributed by atoms with E-state index in [1.165, 1.54) is 0 Å². The first-order valence-corrected chi connectivity index (χ1v) is 5.07. The topological polar surface area (TPSA) is 134 Å². The molecule has 0 aliphatic heterocycles. The van der Waals surface area contributed by atoms with Crippen molar-refractivity contribution in [1.82, 2.24) is 4.98 Å². The maximum Gasteiger partial charge on any atom is 0.307 e. The first kappa shape index (κ1) is 13.5. The van der Waals surface area contributed by atoms with Gasteiger partial charge in [-0.1, -0.05) is 0 Å². The molecule has 8 nitrogen and oxygen atoms in total. The third kappa shape index (κ3) is 12.5. The fourth-order valence-electron chi connectivity index (χ4n) is 0.684. The number of carboxylic acids is 1. The van der Waals surface area contributed by atoms with Gasteiger partial charge in [0.1, 0.15) is 18.9 Å². The number of imidazole rings is 1. The van der Waals surface area contributed by atoms with E-state index < -0.39 is 16.4 Å². The number of aryl methyl sites for hydroxylation is 1. The molecule has 15 heavy (non-hydrogen) atoms. The number of carboxylic acid groups (broad SMARTS) is 1. The highest BCUT2D eigenvalue weighted by Gasteiger charge is 2.00. The monoisotopic (exact) mass is 238 g/mol. The van der Waals surface area contributed by atoms with Gasteiger partial charge in [-0.3, -0.25) is 14.3 Å².